The highest BCUT2D eigenvalue weighted by Crippen LogP contribution is 2.07. The van der Waals surface area contributed by atoms with Crippen LogP contribution in [0.15, 0.2) is 0 Å². The highest BCUT2D eigenvalue weighted by atomic mass is 16.6. The van der Waals surface area contributed by atoms with Crippen LogP contribution in [-0.2, 0) is 9.53 Å². The third-order valence-electron chi connectivity index (χ3n) is 0.665. The standard InChI is InChI=1S/C7H13O3/c1-7(2,3)10-6(9)4-5-8/h4,8H,5H2,1-3H3. The van der Waals surface area contributed by atoms with Crippen molar-refractivity contribution in [2.24, 2.45) is 0 Å². The molecule has 0 atom stereocenters. The lowest BCUT2D eigenvalue weighted by Crippen LogP contribution is -2.24. The Morgan fingerprint density at radius 1 is 1.60 bits per heavy atom. The van der Waals surface area contributed by atoms with Crippen molar-refractivity contribution in [2.45, 2.75) is 26.4 Å². The Labute approximate surface area is 61.0 Å². The minimum absolute atomic E-state index is 0.269. The molecule has 0 amide bonds. The highest BCUT2D eigenvalue weighted by molar-refractivity contribution is 5.79. The van der Waals surface area contributed by atoms with Crippen LogP contribution in [0.5, 0.6) is 0 Å². The normalized spacial score (nSPS) is 11.2. The van der Waals surface area contributed by atoms with Gasteiger partial charge in [-0.3, -0.25) is 4.79 Å². The molecule has 0 aromatic carbocycles. The molecule has 0 aliphatic heterocycles. The van der Waals surface area contributed by atoms with Crippen LogP contribution in [0.4, 0.5) is 0 Å². The Morgan fingerprint density at radius 2 is 2.10 bits per heavy atom. The van der Waals surface area contributed by atoms with Crippen molar-refractivity contribution < 1.29 is 14.6 Å². The van der Waals surface area contributed by atoms with Crippen LogP contribution in [0.3, 0.4) is 0 Å². The molecule has 10 heavy (non-hydrogen) atoms. The maximum absolute atomic E-state index is 10.6. The second-order valence-corrected chi connectivity index (χ2v) is 2.92. The number of esters is 1. The molecule has 0 unspecified atom stereocenters. The largest absolute Gasteiger partial charge is 0.460 e. The predicted molar refractivity (Wildman–Crippen MR) is 37.2 cm³/mol. The molecule has 0 heterocycles. The maximum atomic E-state index is 10.6. The summed E-state index contributed by atoms with van der Waals surface area (Å²) in [5, 5.41) is 8.28. The second kappa shape index (κ2) is 3.56. The fraction of sp³-hybridized carbons (Fsp3) is 0.714. The predicted octanol–water partition coefficient (Wildman–Crippen LogP) is 0.525. The number of carbonyl (C=O) groups is 1. The number of ether oxygens (including phenoxy) is 1. The summed E-state index contributed by atoms with van der Waals surface area (Å²) < 4.78 is 4.82. The Hall–Kier alpha value is -0.570. The number of carbonyl (C=O) groups excluding carboxylic acids is 1. The average Bonchev–Trinajstić information content (AvgIpc) is 1.59. The smallest absolute Gasteiger partial charge is 0.312 e. The van der Waals surface area contributed by atoms with Gasteiger partial charge in [-0.25, -0.2) is 0 Å². The molecule has 0 saturated carbocycles. The summed E-state index contributed by atoms with van der Waals surface area (Å²) in [5.41, 5.74) is -0.469. The van der Waals surface area contributed by atoms with Gasteiger partial charge in [0.1, 0.15) is 5.60 Å². The van der Waals surface area contributed by atoms with E-state index in [1.165, 1.54) is 0 Å². The first-order valence-corrected chi connectivity index (χ1v) is 3.13. The van der Waals surface area contributed by atoms with E-state index in [1.54, 1.807) is 20.8 Å². The zero-order chi connectivity index (χ0) is 8.20. The molecule has 0 fully saturated rings. The van der Waals surface area contributed by atoms with Crippen molar-refractivity contribution in [2.75, 3.05) is 6.61 Å². The second-order valence-electron chi connectivity index (χ2n) is 2.92. The summed E-state index contributed by atoms with van der Waals surface area (Å²) >= 11 is 0. The van der Waals surface area contributed by atoms with Crippen molar-refractivity contribution in [3.05, 3.63) is 6.42 Å². The van der Waals surface area contributed by atoms with Crippen LogP contribution in [0, 0.1) is 6.42 Å². The molecule has 0 rings (SSSR count). The van der Waals surface area contributed by atoms with Gasteiger partial charge in [0.25, 0.3) is 0 Å². The molecule has 3 nitrogen and oxygen atoms in total. The summed E-state index contributed by atoms with van der Waals surface area (Å²) in [4.78, 5) is 10.6. The molecule has 3 heteroatoms. The maximum Gasteiger partial charge on any atom is 0.312 e. The van der Waals surface area contributed by atoms with E-state index < -0.39 is 11.6 Å². The lowest BCUT2D eigenvalue weighted by atomic mass is 10.2. The first-order valence-electron chi connectivity index (χ1n) is 3.13. The van der Waals surface area contributed by atoms with Gasteiger partial charge in [-0.2, -0.15) is 0 Å². The fourth-order valence-corrected chi connectivity index (χ4v) is 0.418. The van der Waals surface area contributed by atoms with Gasteiger partial charge >= 0.3 is 5.97 Å². The number of aliphatic hydroxyl groups excluding tert-OH is 1. The molecular weight excluding hydrogens is 132 g/mol. The fourth-order valence-electron chi connectivity index (χ4n) is 0.418. The van der Waals surface area contributed by atoms with Crippen molar-refractivity contribution in [3.8, 4) is 0 Å². The zero-order valence-corrected chi connectivity index (χ0v) is 6.55. The molecule has 0 aromatic rings. The summed E-state index contributed by atoms with van der Waals surface area (Å²) in [6.07, 6.45) is 1.09. The molecule has 0 saturated heterocycles. The van der Waals surface area contributed by atoms with Crippen molar-refractivity contribution in [3.63, 3.8) is 0 Å². The molecule has 0 aliphatic rings. The van der Waals surface area contributed by atoms with Gasteiger partial charge in [0, 0.05) is 0 Å². The highest BCUT2D eigenvalue weighted by Gasteiger charge is 2.15. The van der Waals surface area contributed by atoms with Crippen LogP contribution in [0.1, 0.15) is 20.8 Å². The van der Waals surface area contributed by atoms with Gasteiger partial charge in [0.05, 0.1) is 13.0 Å². The minimum Gasteiger partial charge on any atom is -0.460 e. The number of rotatable bonds is 2. The summed E-state index contributed by atoms with van der Waals surface area (Å²) in [6.45, 7) is 5.05. The van der Waals surface area contributed by atoms with Crippen LogP contribution in [-0.4, -0.2) is 23.3 Å². The third kappa shape index (κ3) is 5.56. The SMILES string of the molecule is CC(C)(C)OC(=O)[CH]CO. The van der Waals surface area contributed by atoms with Gasteiger partial charge < -0.3 is 9.84 Å². The summed E-state index contributed by atoms with van der Waals surface area (Å²) in [6, 6.07) is 0. The molecular formula is C7H13O3. The minimum atomic E-state index is -0.477. The lowest BCUT2D eigenvalue weighted by molar-refractivity contribution is -0.150. The Balaban J connectivity index is 3.58. The quantitative estimate of drug-likeness (QED) is 0.576. The third-order valence-corrected chi connectivity index (χ3v) is 0.665. The van der Waals surface area contributed by atoms with E-state index in [4.69, 9.17) is 9.84 Å². The average molecular weight is 145 g/mol. The van der Waals surface area contributed by atoms with Gasteiger partial charge in [0.2, 0.25) is 0 Å². The summed E-state index contributed by atoms with van der Waals surface area (Å²) in [5.74, 6) is -0.477. The van der Waals surface area contributed by atoms with Crippen molar-refractivity contribution in [1.82, 2.24) is 0 Å². The van der Waals surface area contributed by atoms with Crippen molar-refractivity contribution in [1.29, 1.82) is 0 Å². The Bertz CT molecular complexity index is 113. The Morgan fingerprint density at radius 3 is 2.40 bits per heavy atom. The molecule has 1 N–H and O–H groups in total. The van der Waals surface area contributed by atoms with Gasteiger partial charge in [-0.1, -0.05) is 0 Å². The molecule has 59 valence electrons. The van der Waals surface area contributed by atoms with Gasteiger partial charge in [0.15, 0.2) is 0 Å². The van der Waals surface area contributed by atoms with E-state index in [9.17, 15) is 4.79 Å². The molecule has 0 bridgehead atoms. The van der Waals surface area contributed by atoms with E-state index in [-0.39, 0.29) is 6.61 Å². The van der Waals surface area contributed by atoms with E-state index in [0.717, 1.165) is 6.42 Å². The van der Waals surface area contributed by atoms with E-state index in [2.05, 4.69) is 0 Å². The molecule has 0 spiro atoms. The molecule has 1 radical (unpaired) electrons. The lowest BCUT2D eigenvalue weighted by Gasteiger charge is -2.18. The van der Waals surface area contributed by atoms with Gasteiger partial charge in [-0.15, -0.1) is 0 Å². The zero-order valence-electron chi connectivity index (χ0n) is 6.55. The van der Waals surface area contributed by atoms with Crippen LogP contribution < -0.4 is 0 Å². The number of hydrogen-bond donors (Lipinski definition) is 1. The monoisotopic (exact) mass is 145 g/mol. The van der Waals surface area contributed by atoms with E-state index in [0.29, 0.717) is 0 Å². The molecule has 0 aromatic heterocycles. The van der Waals surface area contributed by atoms with Crippen LogP contribution >= 0.6 is 0 Å². The van der Waals surface area contributed by atoms with Crippen LogP contribution in [0.25, 0.3) is 0 Å². The van der Waals surface area contributed by atoms with Crippen molar-refractivity contribution >= 4 is 5.97 Å². The van der Waals surface area contributed by atoms with Gasteiger partial charge in [-0.05, 0) is 20.8 Å². The molecule has 0 aliphatic carbocycles. The Kier molecular flexibility index (Phi) is 3.36. The van der Waals surface area contributed by atoms with E-state index >= 15 is 0 Å². The first-order chi connectivity index (χ1) is 4.45. The summed E-state index contributed by atoms with van der Waals surface area (Å²) in [7, 11) is 0. The van der Waals surface area contributed by atoms with Crippen LogP contribution in [0.2, 0.25) is 0 Å². The first kappa shape index (κ1) is 9.43. The van der Waals surface area contributed by atoms with E-state index in [1.807, 2.05) is 0 Å². The topological polar surface area (TPSA) is 46.5 Å². The number of aliphatic hydroxyl groups is 1. The number of hydrogen-bond acceptors (Lipinski definition) is 3.